The average molecular weight is 349 g/mol. The van der Waals surface area contributed by atoms with Crippen molar-refractivity contribution in [1.29, 1.82) is 0 Å². The van der Waals surface area contributed by atoms with E-state index in [9.17, 15) is 13.6 Å². The normalized spacial score (nSPS) is 32.0. The van der Waals surface area contributed by atoms with Gasteiger partial charge in [-0.25, -0.2) is 8.78 Å². The minimum atomic E-state index is -2.59. The van der Waals surface area contributed by atoms with Crippen molar-refractivity contribution >= 4 is 5.91 Å². The fourth-order valence-corrected chi connectivity index (χ4v) is 4.94. The average Bonchev–Trinajstić information content (AvgIpc) is 3.14. The highest BCUT2D eigenvalue weighted by molar-refractivity contribution is 5.80. The molecule has 0 aromatic carbocycles. The van der Waals surface area contributed by atoms with Gasteiger partial charge in [-0.1, -0.05) is 12.5 Å². The van der Waals surface area contributed by atoms with Gasteiger partial charge in [0.05, 0.1) is 5.69 Å². The Kier molecular flexibility index (Phi) is 4.26. The zero-order valence-corrected chi connectivity index (χ0v) is 14.4. The molecule has 0 bridgehead atoms. The van der Waals surface area contributed by atoms with E-state index in [-0.39, 0.29) is 36.1 Å². The number of nitrogens with zero attached hydrogens (tertiary/aromatic N) is 2. The van der Waals surface area contributed by atoms with Gasteiger partial charge >= 0.3 is 0 Å². The summed E-state index contributed by atoms with van der Waals surface area (Å²) in [5.41, 5.74) is 1.07. The van der Waals surface area contributed by atoms with Gasteiger partial charge < -0.3 is 5.32 Å². The van der Waals surface area contributed by atoms with Crippen molar-refractivity contribution < 1.29 is 13.6 Å². The van der Waals surface area contributed by atoms with Crippen molar-refractivity contribution in [2.24, 2.45) is 11.3 Å². The quantitative estimate of drug-likeness (QED) is 0.909. The molecule has 6 heteroatoms. The van der Waals surface area contributed by atoms with E-state index < -0.39 is 5.92 Å². The summed E-state index contributed by atoms with van der Waals surface area (Å²) in [5, 5.41) is 2.88. The Morgan fingerprint density at radius 3 is 2.88 bits per heavy atom. The molecule has 3 fully saturated rings. The van der Waals surface area contributed by atoms with Crippen LogP contribution in [0.5, 0.6) is 0 Å². The number of carbonyl (C=O) groups is 1. The number of likely N-dealkylation sites (tertiary alicyclic amines) is 1. The molecular weight excluding hydrogens is 324 g/mol. The summed E-state index contributed by atoms with van der Waals surface area (Å²) in [5.74, 6) is -2.62. The molecule has 2 aliphatic carbocycles. The fourth-order valence-electron chi connectivity index (χ4n) is 4.94. The van der Waals surface area contributed by atoms with E-state index in [1.807, 2.05) is 18.2 Å². The van der Waals surface area contributed by atoms with Gasteiger partial charge in [0.15, 0.2) is 0 Å². The third kappa shape index (κ3) is 3.41. The Hall–Kier alpha value is -1.56. The Bertz CT molecular complexity index is 631. The van der Waals surface area contributed by atoms with Crippen LogP contribution in [0.1, 0.15) is 44.2 Å². The highest BCUT2D eigenvalue weighted by Crippen LogP contribution is 2.50. The highest BCUT2D eigenvalue weighted by Gasteiger charge is 2.52. The highest BCUT2D eigenvalue weighted by atomic mass is 19.3. The third-order valence-corrected chi connectivity index (χ3v) is 6.24. The fraction of sp³-hybridized carbons (Fsp3) is 0.684. The Morgan fingerprint density at radius 1 is 1.32 bits per heavy atom. The van der Waals surface area contributed by atoms with Crippen LogP contribution >= 0.6 is 0 Å². The molecule has 25 heavy (non-hydrogen) atoms. The van der Waals surface area contributed by atoms with Crippen LogP contribution in [0.25, 0.3) is 0 Å². The summed E-state index contributed by atoms with van der Waals surface area (Å²) < 4.78 is 26.0. The molecule has 136 valence electrons. The lowest BCUT2D eigenvalue weighted by atomic mass is 9.76. The topological polar surface area (TPSA) is 45.2 Å². The van der Waals surface area contributed by atoms with Gasteiger partial charge in [-0.3, -0.25) is 14.7 Å². The lowest BCUT2D eigenvalue weighted by Gasteiger charge is -2.38. The largest absolute Gasteiger partial charge is 0.353 e. The van der Waals surface area contributed by atoms with E-state index in [1.165, 1.54) is 0 Å². The summed E-state index contributed by atoms with van der Waals surface area (Å²) in [6, 6.07) is 5.59. The Balaban J connectivity index is 1.37. The second-order valence-electron chi connectivity index (χ2n) is 8.06. The van der Waals surface area contributed by atoms with Crippen LogP contribution in [0.15, 0.2) is 24.4 Å². The molecule has 1 saturated heterocycles. The molecule has 2 atom stereocenters. The SMILES string of the molecule is O=C(NC1CC(F)(F)C1)[C@@H]1CCC[C@]12CCN(Cc1ccccn1)C2. The van der Waals surface area contributed by atoms with Crippen LogP contribution in [-0.4, -0.2) is 40.8 Å². The van der Waals surface area contributed by atoms with Gasteiger partial charge in [-0.05, 0) is 43.4 Å². The number of hydrogen-bond donors (Lipinski definition) is 1. The van der Waals surface area contributed by atoms with Crippen LogP contribution in [0.4, 0.5) is 8.78 Å². The molecule has 0 radical (unpaired) electrons. The van der Waals surface area contributed by atoms with E-state index in [2.05, 4.69) is 15.2 Å². The standard InChI is InChI=1S/C19H25F2N3O/c20-19(21)10-15(11-19)23-17(25)16-5-3-6-18(16)7-9-24(13-18)12-14-4-1-2-8-22-14/h1-2,4,8,15-16H,3,5-7,9-13H2,(H,23,25)/t16-,18+/m0/s1. The number of hydrogen-bond acceptors (Lipinski definition) is 3. The zero-order chi connectivity index (χ0) is 17.5. The van der Waals surface area contributed by atoms with Crippen LogP contribution in [0.2, 0.25) is 0 Å². The van der Waals surface area contributed by atoms with Crippen molar-refractivity contribution in [2.75, 3.05) is 13.1 Å². The molecule has 4 nitrogen and oxygen atoms in total. The third-order valence-electron chi connectivity index (χ3n) is 6.24. The molecule has 1 aromatic heterocycles. The molecule has 1 amide bonds. The predicted molar refractivity (Wildman–Crippen MR) is 90.0 cm³/mol. The summed E-state index contributed by atoms with van der Waals surface area (Å²) in [7, 11) is 0. The molecule has 1 aliphatic heterocycles. The first kappa shape index (κ1) is 16.9. The van der Waals surface area contributed by atoms with E-state index in [1.54, 1.807) is 6.20 Å². The summed E-state index contributed by atoms with van der Waals surface area (Å²) in [4.78, 5) is 19.5. The van der Waals surface area contributed by atoms with Crippen molar-refractivity contribution in [3.8, 4) is 0 Å². The first-order chi connectivity index (χ1) is 12.0. The maximum atomic E-state index is 13.0. The summed E-state index contributed by atoms with van der Waals surface area (Å²) >= 11 is 0. The number of amides is 1. The lowest BCUT2D eigenvalue weighted by molar-refractivity contribution is -0.135. The molecule has 1 aromatic rings. The number of carbonyl (C=O) groups excluding carboxylic acids is 1. The minimum absolute atomic E-state index is 0.00214. The van der Waals surface area contributed by atoms with Crippen molar-refractivity contribution in [2.45, 2.75) is 57.0 Å². The van der Waals surface area contributed by atoms with Gasteiger partial charge in [0, 0.05) is 44.1 Å². The number of alkyl halides is 2. The molecule has 3 aliphatic rings. The second-order valence-corrected chi connectivity index (χ2v) is 8.06. The molecule has 1 N–H and O–H groups in total. The maximum Gasteiger partial charge on any atom is 0.252 e. The molecule has 2 heterocycles. The Labute approximate surface area is 147 Å². The van der Waals surface area contributed by atoms with Crippen molar-refractivity contribution in [1.82, 2.24) is 15.2 Å². The first-order valence-electron chi connectivity index (χ1n) is 9.26. The number of rotatable bonds is 4. The molecule has 4 rings (SSSR count). The van der Waals surface area contributed by atoms with Crippen molar-refractivity contribution in [3.05, 3.63) is 30.1 Å². The van der Waals surface area contributed by atoms with Crippen molar-refractivity contribution in [3.63, 3.8) is 0 Å². The molecule has 1 spiro atoms. The van der Waals surface area contributed by atoms with Crippen LogP contribution < -0.4 is 5.32 Å². The summed E-state index contributed by atoms with van der Waals surface area (Å²) in [6.07, 6.45) is 5.40. The molecule has 2 saturated carbocycles. The van der Waals surface area contributed by atoms with E-state index in [0.717, 1.165) is 51.0 Å². The lowest BCUT2D eigenvalue weighted by Crippen LogP contribution is -2.53. The molecule has 0 unspecified atom stereocenters. The number of pyridine rings is 1. The van der Waals surface area contributed by atoms with Gasteiger partial charge in [0.1, 0.15) is 0 Å². The van der Waals surface area contributed by atoms with Gasteiger partial charge in [-0.15, -0.1) is 0 Å². The van der Waals surface area contributed by atoms with Crippen LogP contribution in [0, 0.1) is 11.3 Å². The number of aromatic nitrogens is 1. The summed E-state index contributed by atoms with van der Waals surface area (Å²) in [6.45, 7) is 2.69. The smallest absolute Gasteiger partial charge is 0.252 e. The van der Waals surface area contributed by atoms with Gasteiger partial charge in [0.25, 0.3) is 5.92 Å². The Morgan fingerprint density at radius 2 is 2.16 bits per heavy atom. The van der Waals surface area contributed by atoms with E-state index >= 15 is 0 Å². The zero-order valence-electron chi connectivity index (χ0n) is 14.4. The van der Waals surface area contributed by atoms with Gasteiger partial charge in [-0.2, -0.15) is 0 Å². The van der Waals surface area contributed by atoms with Crippen LogP contribution in [-0.2, 0) is 11.3 Å². The maximum absolute atomic E-state index is 13.0. The number of nitrogens with one attached hydrogen (secondary N) is 1. The second kappa shape index (κ2) is 6.31. The number of halogens is 2. The monoisotopic (exact) mass is 349 g/mol. The molecular formula is C19H25F2N3O. The van der Waals surface area contributed by atoms with Crippen LogP contribution in [0.3, 0.4) is 0 Å². The van der Waals surface area contributed by atoms with Gasteiger partial charge in [0.2, 0.25) is 5.91 Å². The van der Waals surface area contributed by atoms with E-state index in [0.29, 0.717) is 0 Å². The first-order valence-corrected chi connectivity index (χ1v) is 9.26. The van der Waals surface area contributed by atoms with E-state index in [4.69, 9.17) is 0 Å². The minimum Gasteiger partial charge on any atom is -0.353 e. The predicted octanol–water partition coefficient (Wildman–Crippen LogP) is 2.99.